The fourth-order valence-corrected chi connectivity index (χ4v) is 2.58. The van der Waals surface area contributed by atoms with Gasteiger partial charge in [0.05, 0.1) is 4.92 Å². The van der Waals surface area contributed by atoms with E-state index >= 15 is 0 Å². The predicted molar refractivity (Wildman–Crippen MR) is 108 cm³/mol. The molecule has 29 heavy (non-hydrogen) atoms. The van der Waals surface area contributed by atoms with E-state index in [4.69, 9.17) is 0 Å². The third-order valence-electron chi connectivity index (χ3n) is 3.82. The van der Waals surface area contributed by atoms with Crippen LogP contribution in [0.4, 0.5) is 23.1 Å². The smallest absolute Gasteiger partial charge is 0.282 e. The maximum Gasteiger partial charge on any atom is 0.282 e. The van der Waals surface area contributed by atoms with E-state index in [0.29, 0.717) is 29.8 Å². The Labute approximate surface area is 166 Å². The molecule has 0 aliphatic rings. The number of nitrogens with one attached hydrogen (secondary N) is 3. The highest BCUT2D eigenvalue weighted by molar-refractivity contribution is 5.98. The Morgan fingerprint density at radius 2 is 1.79 bits per heavy atom. The molecule has 10 nitrogen and oxygen atoms in total. The zero-order chi connectivity index (χ0) is 20.6. The first kappa shape index (κ1) is 19.7. The summed E-state index contributed by atoms with van der Waals surface area (Å²) in [6.07, 6.45) is 1.68. The quantitative estimate of drug-likeness (QED) is 0.302. The second-order valence-electron chi connectivity index (χ2n) is 5.98. The van der Waals surface area contributed by atoms with Crippen molar-refractivity contribution in [3.63, 3.8) is 0 Å². The van der Waals surface area contributed by atoms with Crippen LogP contribution < -0.4 is 16.0 Å². The lowest BCUT2D eigenvalue weighted by molar-refractivity contribution is -0.385. The van der Waals surface area contributed by atoms with Crippen LogP contribution in [-0.2, 0) is 0 Å². The number of carbonyl (C=O) groups is 1. The topological polar surface area (TPSA) is 135 Å². The van der Waals surface area contributed by atoms with Gasteiger partial charge in [0.1, 0.15) is 28.8 Å². The van der Waals surface area contributed by atoms with Crippen LogP contribution in [0.15, 0.2) is 54.7 Å². The predicted octanol–water partition coefficient (Wildman–Crippen LogP) is 2.67. The summed E-state index contributed by atoms with van der Waals surface area (Å²) < 4.78 is 0. The number of hydrogen-bond donors (Lipinski definition) is 3. The number of para-hydroxylation sites is 1. The molecule has 0 bridgehead atoms. The summed E-state index contributed by atoms with van der Waals surface area (Å²) in [5.74, 6) is 1.89. The molecule has 3 N–H and O–H groups in total. The maximum absolute atomic E-state index is 12.2. The van der Waals surface area contributed by atoms with Crippen molar-refractivity contribution in [3.05, 3.63) is 76.2 Å². The van der Waals surface area contributed by atoms with E-state index in [2.05, 4.69) is 30.9 Å². The van der Waals surface area contributed by atoms with Gasteiger partial charge in [-0.25, -0.2) is 15.0 Å². The molecule has 0 saturated heterocycles. The highest BCUT2D eigenvalue weighted by Gasteiger charge is 2.18. The third kappa shape index (κ3) is 5.45. The van der Waals surface area contributed by atoms with Gasteiger partial charge in [-0.3, -0.25) is 14.9 Å². The molecule has 0 aliphatic heterocycles. The molecule has 2 heterocycles. The minimum Gasteiger partial charge on any atom is -0.368 e. The van der Waals surface area contributed by atoms with Crippen molar-refractivity contribution in [2.24, 2.45) is 0 Å². The fraction of sp³-hybridized carbons (Fsp3) is 0.158. The van der Waals surface area contributed by atoms with E-state index in [1.54, 1.807) is 25.3 Å². The standard InChI is InChI=1S/C19H19N7O3/c1-13-23-17(12-18(24-13)25-16-8-4-5-9-20-16)21-10-11-22-19(27)14-6-2-3-7-15(14)26(28)29/h2-9,12H,10-11H2,1H3,(H,22,27)(H2,20,21,23,24,25). The normalized spacial score (nSPS) is 10.2. The van der Waals surface area contributed by atoms with Crippen molar-refractivity contribution in [2.75, 3.05) is 23.7 Å². The number of amides is 1. The van der Waals surface area contributed by atoms with E-state index in [1.807, 2.05) is 18.2 Å². The number of benzene rings is 1. The summed E-state index contributed by atoms with van der Waals surface area (Å²) in [5.41, 5.74) is -0.202. The molecular formula is C19H19N7O3. The highest BCUT2D eigenvalue weighted by Crippen LogP contribution is 2.17. The number of anilines is 3. The number of aryl methyl sites for hydroxylation is 1. The summed E-state index contributed by atoms with van der Waals surface area (Å²) in [6, 6.07) is 13.1. The lowest BCUT2D eigenvalue weighted by Crippen LogP contribution is -2.29. The first-order chi connectivity index (χ1) is 14.0. The number of aromatic nitrogens is 3. The Morgan fingerprint density at radius 1 is 1.03 bits per heavy atom. The number of nitrogens with zero attached hydrogens (tertiary/aromatic N) is 4. The molecule has 1 amide bonds. The van der Waals surface area contributed by atoms with Gasteiger partial charge in [-0.15, -0.1) is 0 Å². The van der Waals surface area contributed by atoms with Gasteiger partial charge in [0.15, 0.2) is 0 Å². The van der Waals surface area contributed by atoms with Crippen LogP contribution in [0.3, 0.4) is 0 Å². The Balaban J connectivity index is 1.55. The average Bonchev–Trinajstić information content (AvgIpc) is 2.71. The molecule has 3 aromatic rings. The van der Waals surface area contributed by atoms with Crippen LogP contribution in [0.25, 0.3) is 0 Å². The summed E-state index contributed by atoms with van der Waals surface area (Å²) in [4.78, 5) is 35.5. The van der Waals surface area contributed by atoms with Crippen LogP contribution in [-0.4, -0.2) is 38.9 Å². The molecule has 0 aliphatic carbocycles. The van der Waals surface area contributed by atoms with Crippen LogP contribution in [0.1, 0.15) is 16.2 Å². The van der Waals surface area contributed by atoms with Crippen LogP contribution in [0, 0.1) is 17.0 Å². The molecule has 0 radical (unpaired) electrons. The number of carbonyl (C=O) groups excluding carboxylic acids is 1. The maximum atomic E-state index is 12.2. The first-order valence-electron chi connectivity index (χ1n) is 8.82. The Bertz CT molecular complexity index is 1010. The molecule has 0 spiro atoms. The largest absolute Gasteiger partial charge is 0.368 e. The molecule has 10 heteroatoms. The minimum atomic E-state index is -0.576. The zero-order valence-electron chi connectivity index (χ0n) is 15.6. The number of nitro benzene ring substituents is 1. The Morgan fingerprint density at radius 3 is 2.55 bits per heavy atom. The van der Waals surface area contributed by atoms with Gasteiger partial charge in [-0.2, -0.15) is 0 Å². The van der Waals surface area contributed by atoms with Gasteiger partial charge in [-0.05, 0) is 25.1 Å². The van der Waals surface area contributed by atoms with E-state index in [0.717, 1.165) is 0 Å². The summed E-state index contributed by atoms with van der Waals surface area (Å²) >= 11 is 0. The lowest BCUT2D eigenvalue weighted by Gasteiger charge is -2.10. The SMILES string of the molecule is Cc1nc(NCCNC(=O)c2ccccc2[N+](=O)[O-])cc(Nc2ccccn2)n1. The van der Waals surface area contributed by atoms with Crippen molar-refractivity contribution in [3.8, 4) is 0 Å². The van der Waals surface area contributed by atoms with E-state index in [1.165, 1.54) is 18.2 Å². The van der Waals surface area contributed by atoms with E-state index in [-0.39, 0.29) is 17.8 Å². The number of nitro groups is 1. The van der Waals surface area contributed by atoms with Crippen molar-refractivity contribution in [1.29, 1.82) is 0 Å². The zero-order valence-corrected chi connectivity index (χ0v) is 15.6. The fourth-order valence-electron chi connectivity index (χ4n) is 2.58. The van der Waals surface area contributed by atoms with Gasteiger partial charge >= 0.3 is 0 Å². The first-order valence-corrected chi connectivity index (χ1v) is 8.82. The monoisotopic (exact) mass is 393 g/mol. The van der Waals surface area contributed by atoms with Crippen LogP contribution >= 0.6 is 0 Å². The highest BCUT2D eigenvalue weighted by atomic mass is 16.6. The summed E-state index contributed by atoms with van der Waals surface area (Å²) in [6.45, 7) is 2.41. The van der Waals surface area contributed by atoms with Gasteiger partial charge in [0.25, 0.3) is 11.6 Å². The molecule has 0 fully saturated rings. The molecule has 0 unspecified atom stereocenters. The van der Waals surface area contributed by atoms with Crippen molar-refractivity contribution in [2.45, 2.75) is 6.92 Å². The molecule has 148 valence electrons. The van der Waals surface area contributed by atoms with Crippen molar-refractivity contribution >= 4 is 29.0 Å². The Hall–Kier alpha value is -4.08. The van der Waals surface area contributed by atoms with Gasteiger partial charge < -0.3 is 16.0 Å². The molecule has 3 rings (SSSR count). The number of rotatable bonds is 8. The molecule has 1 aromatic carbocycles. The second-order valence-corrected chi connectivity index (χ2v) is 5.98. The minimum absolute atomic E-state index is 0.0252. The molecular weight excluding hydrogens is 374 g/mol. The van der Waals surface area contributed by atoms with Crippen LogP contribution in [0.5, 0.6) is 0 Å². The number of hydrogen-bond acceptors (Lipinski definition) is 8. The van der Waals surface area contributed by atoms with Gasteiger partial charge in [-0.1, -0.05) is 18.2 Å². The number of pyridine rings is 1. The second kappa shape index (κ2) is 9.22. The third-order valence-corrected chi connectivity index (χ3v) is 3.82. The van der Waals surface area contributed by atoms with Gasteiger partial charge in [0.2, 0.25) is 0 Å². The molecule has 2 aromatic heterocycles. The van der Waals surface area contributed by atoms with Crippen LogP contribution in [0.2, 0.25) is 0 Å². The lowest BCUT2D eigenvalue weighted by atomic mass is 10.1. The van der Waals surface area contributed by atoms with Gasteiger partial charge in [0, 0.05) is 31.4 Å². The van der Waals surface area contributed by atoms with E-state index in [9.17, 15) is 14.9 Å². The van der Waals surface area contributed by atoms with Crippen molar-refractivity contribution < 1.29 is 9.72 Å². The van der Waals surface area contributed by atoms with Crippen molar-refractivity contribution in [1.82, 2.24) is 20.3 Å². The summed E-state index contributed by atoms with van der Waals surface area (Å²) in [5, 5.41) is 19.9. The summed E-state index contributed by atoms with van der Waals surface area (Å²) in [7, 11) is 0. The molecule has 0 atom stereocenters. The van der Waals surface area contributed by atoms with E-state index < -0.39 is 10.8 Å². The molecule has 0 saturated carbocycles. The average molecular weight is 393 g/mol. The Kier molecular flexibility index (Phi) is 6.25.